The SMILES string of the molecule is NC(=O)c1ccccc1Oc1ccc(Cl)cc1[N+](=O)[O-]. The fraction of sp³-hybridized carbons (Fsp3) is 0. The number of nitro groups is 1. The third kappa shape index (κ3) is 2.86. The molecule has 102 valence electrons. The number of rotatable bonds is 4. The van der Waals surface area contributed by atoms with E-state index < -0.39 is 10.8 Å². The van der Waals surface area contributed by atoms with Gasteiger partial charge in [0, 0.05) is 11.1 Å². The molecule has 0 aliphatic carbocycles. The first-order chi connectivity index (χ1) is 9.49. The standard InChI is InChI=1S/C13H9ClN2O4/c14-8-5-6-12(10(7-8)16(18)19)20-11-4-2-1-3-9(11)13(15)17/h1-7H,(H2,15,17). The highest BCUT2D eigenvalue weighted by Gasteiger charge is 2.18. The summed E-state index contributed by atoms with van der Waals surface area (Å²) in [6.45, 7) is 0. The summed E-state index contributed by atoms with van der Waals surface area (Å²) >= 11 is 5.71. The van der Waals surface area contributed by atoms with Crippen molar-refractivity contribution in [3.8, 4) is 11.5 Å². The molecule has 0 aliphatic rings. The van der Waals surface area contributed by atoms with Gasteiger partial charge in [-0.2, -0.15) is 0 Å². The van der Waals surface area contributed by atoms with Gasteiger partial charge in [-0.3, -0.25) is 14.9 Å². The van der Waals surface area contributed by atoms with Crippen LogP contribution in [0.1, 0.15) is 10.4 Å². The van der Waals surface area contributed by atoms with Gasteiger partial charge in [0.1, 0.15) is 5.75 Å². The molecule has 2 rings (SSSR count). The summed E-state index contributed by atoms with van der Waals surface area (Å²) in [4.78, 5) is 21.6. The largest absolute Gasteiger partial charge is 0.449 e. The zero-order chi connectivity index (χ0) is 14.7. The van der Waals surface area contributed by atoms with Crippen molar-refractivity contribution in [1.82, 2.24) is 0 Å². The molecule has 0 spiro atoms. The number of hydrogen-bond donors (Lipinski definition) is 1. The quantitative estimate of drug-likeness (QED) is 0.691. The van der Waals surface area contributed by atoms with Crippen LogP contribution in [0.3, 0.4) is 0 Å². The summed E-state index contributed by atoms with van der Waals surface area (Å²) in [6.07, 6.45) is 0. The van der Waals surface area contributed by atoms with Crippen LogP contribution in [0.2, 0.25) is 5.02 Å². The summed E-state index contributed by atoms with van der Waals surface area (Å²) in [5.41, 5.74) is 5.06. The molecule has 0 radical (unpaired) electrons. The molecule has 1 amide bonds. The second-order valence-corrected chi connectivity index (χ2v) is 4.27. The van der Waals surface area contributed by atoms with E-state index in [0.717, 1.165) is 0 Å². The first kappa shape index (κ1) is 13.8. The van der Waals surface area contributed by atoms with Gasteiger partial charge in [0.25, 0.3) is 5.91 Å². The lowest BCUT2D eigenvalue weighted by molar-refractivity contribution is -0.385. The second kappa shape index (κ2) is 5.58. The molecule has 0 aliphatic heterocycles. The Morgan fingerprint density at radius 1 is 1.20 bits per heavy atom. The van der Waals surface area contributed by atoms with E-state index in [4.69, 9.17) is 22.1 Å². The summed E-state index contributed by atoms with van der Waals surface area (Å²) < 4.78 is 5.42. The average Bonchev–Trinajstić information content (AvgIpc) is 2.41. The molecule has 0 unspecified atom stereocenters. The summed E-state index contributed by atoms with van der Waals surface area (Å²) in [5.74, 6) is -0.560. The zero-order valence-electron chi connectivity index (χ0n) is 10.1. The van der Waals surface area contributed by atoms with Crippen LogP contribution in [0.5, 0.6) is 11.5 Å². The number of carbonyl (C=O) groups is 1. The van der Waals surface area contributed by atoms with Gasteiger partial charge in [0.15, 0.2) is 0 Å². The number of carbonyl (C=O) groups excluding carboxylic acids is 1. The maximum atomic E-state index is 11.3. The molecule has 20 heavy (non-hydrogen) atoms. The van der Waals surface area contributed by atoms with Crippen LogP contribution in [-0.4, -0.2) is 10.8 Å². The number of nitrogens with two attached hydrogens (primary N) is 1. The average molecular weight is 293 g/mol. The molecule has 0 saturated carbocycles. The number of nitro benzene ring substituents is 1. The highest BCUT2D eigenvalue weighted by atomic mass is 35.5. The first-order valence-electron chi connectivity index (χ1n) is 5.49. The Morgan fingerprint density at radius 2 is 1.90 bits per heavy atom. The Kier molecular flexibility index (Phi) is 3.86. The smallest absolute Gasteiger partial charge is 0.313 e. The fourth-order valence-corrected chi connectivity index (χ4v) is 1.76. The van der Waals surface area contributed by atoms with Gasteiger partial charge in [0.2, 0.25) is 5.75 Å². The zero-order valence-corrected chi connectivity index (χ0v) is 10.8. The molecule has 2 aromatic carbocycles. The van der Waals surface area contributed by atoms with Crippen LogP contribution >= 0.6 is 11.6 Å². The minimum Gasteiger partial charge on any atom is -0.449 e. The van der Waals surface area contributed by atoms with E-state index in [1.807, 2.05) is 0 Å². The van der Waals surface area contributed by atoms with Gasteiger partial charge in [-0.15, -0.1) is 0 Å². The van der Waals surface area contributed by atoms with Gasteiger partial charge in [-0.05, 0) is 24.3 Å². The van der Waals surface area contributed by atoms with Gasteiger partial charge in [-0.1, -0.05) is 23.7 Å². The lowest BCUT2D eigenvalue weighted by atomic mass is 10.2. The summed E-state index contributed by atoms with van der Waals surface area (Å²) in [7, 11) is 0. The van der Waals surface area contributed by atoms with Crippen molar-refractivity contribution < 1.29 is 14.5 Å². The van der Waals surface area contributed by atoms with Crippen LogP contribution in [0.25, 0.3) is 0 Å². The molecule has 0 bridgehead atoms. The topological polar surface area (TPSA) is 95.5 Å². The van der Waals surface area contributed by atoms with Crippen molar-refractivity contribution in [2.24, 2.45) is 5.73 Å². The molecule has 0 saturated heterocycles. The van der Waals surface area contributed by atoms with E-state index >= 15 is 0 Å². The number of amides is 1. The molecule has 6 nitrogen and oxygen atoms in total. The minimum atomic E-state index is -0.683. The number of halogens is 1. The van der Waals surface area contributed by atoms with E-state index in [1.54, 1.807) is 12.1 Å². The number of para-hydroxylation sites is 1. The van der Waals surface area contributed by atoms with E-state index in [2.05, 4.69) is 0 Å². The third-order valence-corrected chi connectivity index (χ3v) is 2.73. The molecular weight excluding hydrogens is 284 g/mol. The highest BCUT2D eigenvalue weighted by molar-refractivity contribution is 6.30. The monoisotopic (exact) mass is 292 g/mol. The molecule has 0 atom stereocenters. The normalized spacial score (nSPS) is 10.1. The van der Waals surface area contributed by atoms with Crippen molar-refractivity contribution in [3.05, 3.63) is 63.2 Å². The predicted molar refractivity (Wildman–Crippen MR) is 73.1 cm³/mol. The number of hydrogen-bond acceptors (Lipinski definition) is 4. The van der Waals surface area contributed by atoms with E-state index in [9.17, 15) is 14.9 Å². The lowest BCUT2D eigenvalue weighted by Crippen LogP contribution is -2.12. The Hall–Kier alpha value is -2.60. The van der Waals surface area contributed by atoms with Gasteiger partial charge in [-0.25, -0.2) is 0 Å². The van der Waals surface area contributed by atoms with Crippen molar-refractivity contribution in [2.75, 3.05) is 0 Å². The van der Waals surface area contributed by atoms with Gasteiger partial charge in [0.05, 0.1) is 10.5 Å². The highest BCUT2D eigenvalue weighted by Crippen LogP contribution is 2.34. The summed E-state index contributed by atoms with van der Waals surface area (Å²) in [5, 5.41) is 11.2. The number of primary amides is 1. The van der Waals surface area contributed by atoms with Gasteiger partial charge >= 0.3 is 5.69 Å². The molecule has 7 heteroatoms. The maximum absolute atomic E-state index is 11.3. The van der Waals surface area contributed by atoms with Crippen LogP contribution in [0.15, 0.2) is 42.5 Å². The predicted octanol–water partition coefficient (Wildman–Crippen LogP) is 3.14. The minimum absolute atomic E-state index is 0.0203. The van der Waals surface area contributed by atoms with E-state index in [0.29, 0.717) is 0 Å². The lowest BCUT2D eigenvalue weighted by Gasteiger charge is -2.09. The number of ether oxygens (including phenoxy) is 1. The Bertz CT molecular complexity index is 688. The van der Waals surface area contributed by atoms with E-state index in [-0.39, 0.29) is 27.8 Å². The van der Waals surface area contributed by atoms with Crippen molar-refractivity contribution in [2.45, 2.75) is 0 Å². The number of nitrogens with zero attached hydrogens (tertiary/aromatic N) is 1. The van der Waals surface area contributed by atoms with Crippen LogP contribution in [-0.2, 0) is 0 Å². The summed E-state index contributed by atoms with van der Waals surface area (Å²) in [6, 6.07) is 10.2. The van der Waals surface area contributed by atoms with Gasteiger partial charge < -0.3 is 10.5 Å². The molecule has 0 fully saturated rings. The first-order valence-corrected chi connectivity index (χ1v) is 5.87. The van der Waals surface area contributed by atoms with Crippen LogP contribution < -0.4 is 10.5 Å². The van der Waals surface area contributed by atoms with Crippen molar-refractivity contribution in [1.29, 1.82) is 0 Å². The Labute approximate surface area is 118 Å². The van der Waals surface area contributed by atoms with Crippen molar-refractivity contribution in [3.63, 3.8) is 0 Å². The van der Waals surface area contributed by atoms with Crippen LogP contribution in [0.4, 0.5) is 5.69 Å². The van der Waals surface area contributed by atoms with E-state index in [1.165, 1.54) is 30.3 Å². The molecular formula is C13H9ClN2O4. The van der Waals surface area contributed by atoms with Crippen molar-refractivity contribution >= 4 is 23.2 Å². The third-order valence-electron chi connectivity index (χ3n) is 2.49. The molecule has 2 N–H and O–H groups in total. The second-order valence-electron chi connectivity index (χ2n) is 3.83. The Balaban J connectivity index is 2.45. The number of benzene rings is 2. The molecule has 0 aromatic heterocycles. The molecule has 2 aromatic rings. The Morgan fingerprint density at radius 3 is 2.55 bits per heavy atom. The van der Waals surface area contributed by atoms with Crippen LogP contribution in [0, 0.1) is 10.1 Å². The fourth-order valence-electron chi connectivity index (χ4n) is 1.60. The molecule has 0 heterocycles. The maximum Gasteiger partial charge on any atom is 0.313 e.